The lowest BCUT2D eigenvalue weighted by molar-refractivity contribution is -0.385. The Morgan fingerprint density at radius 3 is 2.44 bits per heavy atom. The molecule has 0 aliphatic heterocycles. The first-order chi connectivity index (χ1) is 11.6. The van der Waals surface area contributed by atoms with Crippen LogP contribution in [0.3, 0.4) is 0 Å². The van der Waals surface area contributed by atoms with Crippen LogP contribution in [0.25, 0.3) is 0 Å². The molecule has 0 saturated carbocycles. The summed E-state index contributed by atoms with van der Waals surface area (Å²) in [5, 5.41) is 13.5. The van der Waals surface area contributed by atoms with Crippen molar-refractivity contribution in [2.24, 2.45) is 0 Å². The molecule has 8 heteroatoms. The molecule has 0 heterocycles. The Labute approximate surface area is 141 Å². The van der Waals surface area contributed by atoms with Crippen molar-refractivity contribution in [1.29, 1.82) is 0 Å². The van der Waals surface area contributed by atoms with Gasteiger partial charge >= 0.3 is 6.18 Å². The third-order valence-corrected chi connectivity index (χ3v) is 3.81. The second-order valence-electron chi connectivity index (χ2n) is 5.53. The summed E-state index contributed by atoms with van der Waals surface area (Å²) >= 11 is 0. The highest BCUT2D eigenvalue weighted by Crippen LogP contribution is 2.31. The quantitative estimate of drug-likeness (QED) is 0.654. The second kappa shape index (κ2) is 6.92. The monoisotopic (exact) mass is 352 g/mol. The van der Waals surface area contributed by atoms with E-state index in [1.165, 1.54) is 37.3 Å². The number of amides is 1. The molecule has 0 radical (unpaired) electrons. The fraction of sp³-hybridized carbons (Fsp3) is 0.235. The van der Waals surface area contributed by atoms with E-state index in [9.17, 15) is 28.1 Å². The minimum Gasteiger partial charge on any atom is -0.346 e. The number of carbonyl (C=O) groups is 1. The molecule has 0 spiro atoms. The Hall–Kier alpha value is -2.90. The minimum atomic E-state index is -4.48. The van der Waals surface area contributed by atoms with Crippen molar-refractivity contribution in [1.82, 2.24) is 5.32 Å². The largest absolute Gasteiger partial charge is 0.416 e. The van der Waals surface area contributed by atoms with Gasteiger partial charge in [-0.3, -0.25) is 14.9 Å². The highest BCUT2D eigenvalue weighted by molar-refractivity contribution is 5.96. The van der Waals surface area contributed by atoms with Crippen molar-refractivity contribution >= 4 is 11.6 Å². The molecule has 1 N–H and O–H groups in total. The van der Waals surface area contributed by atoms with Crippen molar-refractivity contribution in [2.45, 2.75) is 26.1 Å². The molecule has 0 bridgehead atoms. The molecule has 25 heavy (non-hydrogen) atoms. The number of hydrogen-bond acceptors (Lipinski definition) is 3. The number of hydrogen-bond donors (Lipinski definition) is 1. The maximum atomic E-state index is 12.8. The van der Waals surface area contributed by atoms with E-state index >= 15 is 0 Å². The molecule has 5 nitrogen and oxygen atoms in total. The zero-order chi connectivity index (χ0) is 18.8. The third-order valence-electron chi connectivity index (χ3n) is 3.81. The highest BCUT2D eigenvalue weighted by Gasteiger charge is 2.31. The molecule has 0 saturated heterocycles. The smallest absolute Gasteiger partial charge is 0.346 e. The van der Waals surface area contributed by atoms with Crippen molar-refractivity contribution < 1.29 is 22.9 Å². The average Bonchev–Trinajstić information content (AvgIpc) is 2.54. The maximum absolute atomic E-state index is 12.8. The Balaban J connectivity index is 2.24. The van der Waals surface area contributed by atoms with Crippen LogP contribution >= 0.6 is 0 Å². The Bertz CT molecular complexity index is 819. The predicted octanol–water partition coefficient (Wildman–Crippen LogP) is 4.41. The Morgan fingerprint density at radius 1 is 1.20 bits per heavy atom. The molecule has 0 aliphatic rings. The van der Waals surface area contributed by atoms with Crippen LogP contribution in [0.4, 0.5) is 18.9 Å². The van der Waals surface area contributed by atoms with Gasteiger partial charge in [0.1, 0.15) is 0 Å². The molecule has 0 aliphatic carbocycles. The Morgan fingerprint density at radius 2 is 1.84 bits per heavy atom. The van der Waals surface area contributed by atoms with E-state index in [0.29, 0.717) is 0 Å². The van der Waals surface area contributed by atoms with Gasteiger partial charge in [-0.1, -0.05) is 18.2 Å². The summed E-state index contributed by atoms with van der Waals surface area (Å²) in [5.74, 6) is -0.592. The fourth-order valence-corrected chi connectivity index (χ4v) is 2.41. The molecule has 2 rings (SSSR count). The van der Waals surface area contributed by atoms with E-state index in [2.05, 4.69) is 5.32 Å². The van der Waals surface area contributed by atoms with Gasteiger partial charge in [-0.2, -0.15) is 13.2 Å². The number of nitro benzene ring substituents is 1. The molecular weight excluding hydrogens is 337 g/mol. The van der Waals surface area contributed by atoms with Crippen LogP contribution < -0.4 is 5.32 Å². The molecule has 2 aromatic carbocycles. The molecule has 1 unspecified atom stereocenters. The van der Waals surface area contributed by atoms with E-state index < -0.39 is 28.6 Å². The second-order valence-corrected chi connectivity index (χ2v) is 5.53. The van der Waals surface area contributed by atoms with E-state index in [-0.39, 0.29) is 22.4 Å². The van der Waals surface area contributed by atoms with Gasteiger partial charge in [-0.05, 0) is 37.6 Å². The van der Waals surface area contributed by atoms with Gasteiger partial charge in [-0.15, -0.1) is 0 Å². The standard InChI is InChI=1S/C17H15F3N2O3/c1-10-14(7-4-8-15(10)22(24)25)16(23)21-11(2)12-5-3-6-13(9-12)17(18,19)20/h3-9,11H,1-2H3,(H,21,23). The van der Waals surface area contributed by atoms with Crippen LogP contribution in [0, 0.1) is 17.0 Å². The number of benzene rings is 2. The summed E-state index contributed by atoms with van der Waals surface area (Å²) in [5.41, 5.74) is -0.419. The van der Waals surface area contributed by atoms with E-state index in [4.69, 9.17) is 0 Å². The van der Waals surface area contributed by atoms with Crippen LogP contribution in [0.2, 0.25) is 0 Å². The minimum absolute atomic E-state index is 0.105. The SMILES string of the molecule is Cc1c(C(=O)NC(C)c2cccc(C(F)(F)F)c2)cccc1[N+](=O)[O-]. The van der Waals surface area contributed by atoms with Crippen molar-refractivity contribution in [3.05, 3.63) is 74.8 Å². The number of nitro groups is 1. The number of nitrogens with zero attached hydrogens (tertiary/aromatic N) is 1. The van der Waals surface area contributed by atoms with Crippen LogP contribution in [-0.2, 0) is 6.18 Å². The molecule has 2 aromatic rings. The number of alkyl halides is 3. The van der Waals surface area contributed by atoms with Gasteiger partial charge < -0.3 is 5.32 Å². The lowest BCUT2D eigenvalue weighted by Gasteiger charge is -2.17. The van der Waals surface area contributed by atoms with E-state index in [0.717, 1.165) is 12.1 Å². The van der Waals surface area contributed by atoms with Gasteiger partial charge in [0.15, 0.2) is 0 Å². The molecular formula is C17H15F3N2O3. The molecule has 0 aromatic heterocycles. The van der Waals surface area contributed by atoms with Crippen molar-refractivity contribution in [2.75, 3.05) is 0 Å². The first kappa shape index (κ1) is 18.4. The summed E-state index contributed by atoms with van der Waals surface area (Å²) in [4.78, 5) is 22.7. The van der Waals surface area contributed by atoms with Crippen LogP contribution in [0.1, 0.15) is 40.0 Å². The molecule has 1 amide bonds. The molecule has 1 atom stereocenters. The fourth-order valence-electron chi connectivity index (χ4n) is 2.41. The van der Waals surface area contributed by atoms with Crippen LogP contribution in [0.5, 0.6) is 0 Å². The first-order valence-electron chi connectivity index (χ1n) is 7.33. The first-order valence-corrected chi connectivity index (χ1v) is 7.33. The zero-order valence-electron chi connectivity index (χ0n) is 13.4. The van der Waals surface area contributed by atoms with E-state index in [1.807, 2.05) is 0 Å². The molecule has 0 fully saturated rings. The predicted molar refractivity (Wildman–Crippen MR) is 85.2 cm³/mol. The number of carbonyl (C=O) groups excluding carboxylic acids is 1. The summed E-state index contributed by atoms with van der Waals surface area (Å²) in [6.45, 7) is 2.99. The van der Waals surface area contributed by atoms with Gasteiger partial charge in [0, 0.05) is 17.2 Å². The molecule has 132 valence electrons. The highest BCUT2D eigenvalue weighted by atomic mass is 19.4. The van der Waals surface area contributed by atoms with Crippen LogP contribution in [0.15, 0.2) is 42.5 Å². The Kier molecular flexibility index (Phi) is 5.10. The van der Waals surface area contributed by atoms with Gasteiger partial charge in [-0.25, -0.2) is 0 Å². The number of halogens is 3. The van der Waals surface area contributed by atoms with Gasteiger partial charge in [0.25, 0.3) is 11.6 Å². The zero-order valence-corrected chi connectivity index (χ0v) is 13.4. The lowest BCUT2D eigenvalue weighted by Crippen LogP contribution is -2.27. The topological polar surface area (TPSA) is 72.2 Å². The lowest BCUT2D eigenvalue weighted by atomic mass is 10.0. The summed E-state index contributed by atoms with van der Waals surface area (Å²) in [6, 6.07) is 8.04. The van der Waals surface area contributed by atoms with Crippen molar-refractivity contribution in [3.8, 4) is 0 Å². The van der Waals surface area contributed by atoms with Gasteiger partial charge in [0.05, 0.1) is 16.5 Å². The summed E-state index contributed by atoms with van der Waals surface area (Å²) in [7, 11) is 0. The van der Waals surface area contributed by atoms with Gasteiger partial charge in [0.2, 0.25) is 0 Å². The average molecular weight is 352 g/mol. The number of nitrogens with one attached hydrogen (secondary N) is 1. The maximum Gasteiger partial charge on any atom is 0.416 e. The summed E-state index contributed by atoms with van der Waals surface area (Å²) in [6.07, 6.45) is -4.48. The number of rotatable bonds is 4. The summed E-state index contributed by atoms with van der Waals surface area (Å²) < 4.78 is 38.3. The normalized spacial score (nSPS) is 12.5. The van der Waals surface area contributed by atoms with Crippen LogP contribution in [-0.4, -0.2) is 10.8 Å². The third kappa shape index (κ3) is 4.14. The van der Waals surface area contributed by atoms with Crippen molar-refractivity contribution in [3.63, 3.8) is 0 Å². The van der Waals surface area contributed by atoms with E-state index in [1.54, 1.807) is 6.92 Å².